The van der Waals surface area contributed by atoms with E-state index in [2.05, 4.69) is 0 Å². The van der Waals surface area contributed by atoms with E-state index < -0.39 is 6.04 Å². The summed E-state index contributed by atoms with van der Waals surface area (Å²) >= 11 is 0. The third-order valence-electron chi connectivity index (χ3n) is 2.21. The summed E-state index contributed by atoms with van der Waals surface area (Å²) < 4.78 is 0. The van der Waals surface area contributed by atoms with Crippen molar-refractivity contribution >= 4 is 0 Å². The Morgan fingerprint density at radius 1 is 1.57 bits per heavy atom. The number of nitrogens with two attached hydrogens (primary N) is 1. The number of hydrogen-bond acceptors (Lipinski definition) is 3. The zero-order valence-electron chi connectivity index (χ0n) is 8.20. The summed E-state index contributed by atoms with van der Waals surface area (Å²) in [4.78, 5) is 0. The van der Waals surface area contributed by atoms with Crippen LogP contribution in [-0.4, -0.2) is 5.11 Å². The molecule has 0 saturated heterocycles. The highest BCUT2D eigenvalue weighted by molar-refractivity contribution is 5.38. The lowest BCUT2D eigenvalue weighted by atomic mass is 10.0. The number of aromatic hydroxyl groups is 1. The first-order valence-electron chi connectivity index (χ1n) is 4.63. The van der Waals surface area contributed by atoms with E-state index >= 15 is 0 Å². The molecule has 1 aromatic carbocycles. The monoisotopic (exact) mass is 190 g/mol. The van der Waals surface area contributed by atoms with E-state index in [1.807, 2.05) is 25.1 Å². The molecule has 0 spiro atoms. The maximum Gasteiger partial charge on any atom is 0.120 e. The Bertz CT molecular complexity index is 355. The van der Waals surface area contributed by atoms with Gasteiger partial charge in [-0.25, -0.2) is 0 Å². The quantitative estimate of drug-likeness (QED) is 0.764. The molecule has 74 valence electrons. The Labute approximate surface area is 83.8 Å². The zero-order chi connectivity index (χ0) is 10.6. The Kier molecular flexibility index (Phi) is 3.49. The fourth-order valence-corrected chi connectivity index (χ4v) is 1.33. The number of nitriles is 1. The van der Waals surface area contributed by atoms with Crippen molar-refractivity contribution in [2.45, 2.75) is 25.8 Å². The Balaban J connectivity index is 3.00. The number of rotatable bonds is 3. The molecule has 1 aromatic rings. The van der Waals surface area contributed by atoms with E-state index in [1.165, 1.54) is 0 Å². The predicted octanol–water partition coefficient (Wildman–Crippen LogP) is 1.87. The first kappa shape index (κ1) is 10.6. The van der Waals surface area contributed by atoms with E-state index in [9.17, 15) is 5.11 Å². The summed E-state index contributed by atoms with van der Waals surface area (Å²) in [6, 6.07) is 6.95. The van der Waals surface area contributed by atoms with Crippen LogP contribution in [0.5, 0.6) is 5.75 Å². The Morgan fingerprint density at radius 2 is 2.29 bits per heavy atom. The van der Waals surface area contributed by atoms with E-state index in [0.29, 0.717) is 5.56 Å². The molecule has 3 heteroatoms. The second-order valence-electron chi connectivity index (χ2n) is 3.22. The van der Waals surface area contributed by atoms with Gasteiger partial charge in [0.05, 0.1) is 12.5 Å². The summed E-state index contributed by atoms with van der Waals surface area (Å²) in [7, 11) is 0. The van der Waals surface area contributed by atoms with Gasteiger partial charge in [-0.15, -0.1) is 0 Å². The van der Waals surface area contributed by atoms with Crippen LogP contribution in [-0.2, 0) is 6.42 Å². The van der Waals surface area contributed by atoms with Crippen LogP contribution in [0.25, 0.3) is 0 Å². The number of phenols is 1. The third kappa shape index (κ3) is 2.24. The normalized spacial score (nSPS) is 12.1. The molecule has 0 unspecified atom stereocenters. The molecular weight excluding hydrogens is 176 g/mol. The van der Waals surface area contributed by atoms with Crippen LogP contribution in [0.4, 0.5) is 0 Å². The standard InChI is InChI=1S/C11H14N2O/c1-2-8-3-4-11(14)9(7-8)10(13)5-6-12/h3-4,7,10,14H,2,5,13H2,1H3/t10-/m0/s1. The largest absolute Gasteiger partial charge is 0.508 e. The summed E-state index contributed by atoms with van der Waals surface area (Å²) in [6.45, 7) is 2.03. The Morgan fingerprint density at radius 3 is 2.86 bits per heavy atom. The highest BCUT2D eigenvalue weighted by atomic mass is 16.3. The fourth-order valence-electron chi connectivity index (χ4n) is 1.33. The first-order valence-corrected chi connectivity index (χ1v) is 4.63. The van der Waals surface area contributed by atoms with Crippen LogP contribution in [0.15, 0.2) is 18.2 Å². The van der Waals surface area contributed by atoms with Crippen LogP contribution >= 0.6 is 0 Å². The minimum Gasteiger partial charge on any atom is -0.508 e. The molecule has 14 heavy (non-hydrogen) atoms. The molecule has 0 aliphatic rings. The molecule has 0 aliphatic heterocycles. The lowest BCUT2D eigenvalue weighted by molar-refractivity contribution is 0.461. The average molecular weight is 190 g/mol. The van der Waals surface area contributed by atoms with Gasteiger partial charge < -0.3 is 10.8 Å². The second-order valence-corrected chi connectivity index (χ2v) is 3.22. The van der Waals surface area contributed by atoms with E-state index in [-0.39, 0.29) is 12.2 Å². The number of nitrogens with zero attached hydrogens (tertiary/aromatic N) is 1. The molecule has 0 amide bonds. The average Bonchev–Trinajstić information content (AvgIpc) is 2.19. The maximum absolute atomic E-state index is 9.54. The van der Waals surface area contributed by atoms with Crippen molar-refractivity contribution in [2.24, 2.45) is 5.73 Å². The number of benzene rings is 1. The van der Waals surface area contributed by atoms with Crippen molar-refractivity contribution in [2.75, 3.05) is 0 Å². The summed E-state index contributed by atoms with van der Waals surface area (Å²) in [5, 5.41) is 18.0. The lowest BCUT2D eigenvalue weighted by Gasteiger charge is -2.11. The molecule has 0 fully saturated rings. The van der Waals surface area contributed by atoms with Crippen molar-refractivity contribution in [1.82, 2.24) is 0 Å². The number of hydrogen-bond donors (Lipinski definition) is 2. The molecule has 3 nitrogen and oxygen atoms in total. The van der Waals surface area contributed by atoms with Crippen LogP contribution < -0.4 is 5.73 Å². The Hall–Kier alpha value is -1.53. The van der Waals surface area contributed by atoms with Crippen LogP contribution in [0.2, 0.25) is 0 Å². The molecule has 3 N–H and O–H groups in total. The van der Waals surface area contributed by atoms with E-state index in [4.69, 9.17) is 11.0 Å². The van der Waals surface area contributed by atoms with Gasteiger partial charge in [-0.2, -0.15) is 5.26 Å². The van der Waals surface area contributed by atoms with Gasteiger partial charge in [0.1, 0.15) is 5.75 Å². The van der Waals surface area contributed by atoms with Crippen molar-refractivity contribution < 1.29 is 5.11 Å². The molecule has 0 bridgehead atoms. The fraction of sp³-hybridized carbons (Fsp3) is 0.364. The second kappa shape index (κ2) is 4.64. The zero-order valence-corrected chi connectivity index (χ0v) is 8.20. The maximum atomic E-state index is 9.54. The van der Waals surface area contributed by atoms with E-state index in [1.54, 1.807) is 6.07 Å². The summed E-state index contributed by atoms with van der Waals surface area (Å²) in [6.07, 6.45) is 1.12. The SMILES string of the molecule is CCc1ccc(O)c([C@@H](N)CC#N)c1. The van der Waals surface area contributed by atoms with Gasteiger partial charge in [-0.3, -0.25) is 0 Å². The van der Waals surface area contributed by atoms with Gasteiger partial charge in [-0.05, 0) is 18.1 Å². The highest BCUT2D eigenvalue weighted by Gasteiger charge is 2.10. The highest BCUT2D eigenvalue weighted by Crippen LogP contribution is 2.25. The molecular formula is C11H14N2O. The molecule has 1 atom stereocenters. The molecule has 0 radical (unpaired) electrons. The minimum atomic E-state index is -0.397. The minimum absolute atomic E-state index is 0.171. The lowest BCUT2D eigenvalue weighted by Crippen LogP contribution is -2.09. The van der Waals surface area contributed by atoms with Gasteiger partial charge in [0.25, 0.3) is 0 Å². The van der Waals surface area contributed by atoms with Crippen molar-refractivity contribution in [1.29, 1.82) is 5.26 Å². The van der Waals surface area contributed by atoms with Gasteiger partial charge in [0, 0.05) is 11.6 Å². The van der Waals surface area contributed by atoms with Gasteiger partial charge in [0.2, 0.25) is 0 Å². The first-order chi connectivity index (χ1) is 6.69. The molecule has 0 aromatic heterocycles. The van der Waals surface area contributed by atoms with Crippen molar-refractivity contribution in [3.05, 3.63) is 29.3 Å². The van der Waals surface area contributed by atoms with Gasteiger partial charge in [-0.1, -0.05) is 19.1 Å². The topological polar surface area (TPSA) is 70.0 Å². The third-order valence-corrected chi connectivity index (χ3v) is 2.21. The number of phenolic OH excluding ortho intramolecular Hbond substituents is 1. The molecule has 0 heterocycles. The van der Waals surface area contributed by atoms with Crippen molar-refractivity contribution in [3.63, 3.8) is 0 Å². The summed E-state index contributed by atoms with van der Waals surface area (Å²) in [5.74, 6) is 0.171. The van der Waals surface area contributed by atoms with Gasteiger partial charge in [0.15, 0.2) is 0 Å². The molecule has 1 rings (SSSR count). The molecule has 0 aliphatic carbocycles. The van der Waals surface area contributed by atoms with Gasteiger partial charge >= 0.3 is 0 Å². The summed E-state index contributed by atoms with van der Waals surface area (Å²) in [5.41, 5.74) is 7.52. The predicted molar refractivity (Wildman–Crippen MR) is 54.6 cm³/mol. The number of aryl methyl sites for hydroxylation is 1. The van der Waals surface area contributed by atoms with Crippen LogP contribution in [0, 0.1) is 11.3 Å². The van der Waals surface area contributed by atoms with Crippen LogP contribution in [0.1, 0.15) is 30.5 Å². The molecule has 0 saturated carbocycles. The van der Waals surface area contributed by atoms with E-state index in [0.717, 1.165) is 12.0 Å². The van der Waals surface area contributed by atoms with Crippen molar-refractivity contribution in [3.8, 4) is 11.8 Å². The van der Waals surface area contributed by atoms with Crippen LogP contribution in [0.3, 0.4) is 0 Å². The smallest absolute Gasteiger partial charge is 0.120 e.